The SMILES string of the molecule is [C-]#[N+]c1cc2c3c(c1)N(c1c(C)cc(C)cc1C)c1cc4c(cc1B3c1ccccc1O2)B1c2cc3c(cc2N(c2c(C)cc(C)cc2C)c2cc(C#N)cc(c21)O4)Oc1cc(C#N)cc2c1B3c1ccccc1O2. The van der Waals surface area contributed by atoms with Crippen LogP contribution in [0.5, 0.6) is 46.0 Å². The standard InChI is InChI=1S/C63H40B3N5O4/c1-32-16-34(3)62(35(4)17-32)70-48-29-53-45(65-42-13-9-11-15-52(42)72-56-22-39(31-68)23-57(75-53)61(56)65)27-44(48)66-46-26-43-47(28-54(46)74-55-21-38(30-67)20-49(70)59(55)66)71(63-36(5)18-33(2)19-37(63)6)50-24-40(69-7)25-58-60(50)64(43)41-12-8-10-14-51(41)73-58/h8-29H,1-6H3. The monoisotopic (exact) mass is 963 g/mol. The lowest BCUT2D eigenvalue weighted by molar-refractivity contribution is 0.464. The number of nitriles is 2. The van der Waals surface area contributed by atoms with E-state index in [0.717, 1.165) is 128 Å². The lowest BCUT2D eigenvalue weighted by Gasteiger charge is -2.44. The Labute approximate surface area is 435 Å². The number of fused-ring (bicyclic) bond motifs is 12. The van der Waals surface area contributed by atoms with E-state index in [1.54, 1.807) is 0 Å². The number of hydrogen-bond donors (Lipinski definition) is 0. The fourth-order valence-electron chi connectivity index (χ4n) is 13.6. The third-order valence-corrected chi connectivity index (χ3v) is 16.2. The van der Waals surface area contributed by atoms with Gasteiger partial charge in [0, 0.05) is 40.3 Å². The van der Waals surface area contributed by atoms with E-state index in [4.69, 9.17) is 25.5 Å². The van der Waals surface area contributed by atoms with Crippen LogP contribution in [0.1, 0.15) is 44.5 Å². The number of hydrogen-bond acceptors (Lipinski definition) is 8. The molecule has 0 fully saturated rings. The average Bonchev–Trinajstić information content (AvgIpc) is 3.45. The molecule has 6 aliphatic heterocycles. The van der Waals surface area contributed by atoms with Crippen molar-refractivity contribution in [1.29, 1.82) is 10.5 Å². The van der Waals surface area contributed by atoms with E-state index in [-0.39, 0.29) is 20.1 Å². The van der Waals surface area contributed by atoms with Crippen LogP contribution in [-0.2, 0) is 0 Å². The summed E-state index contributed by atoms with van der Waals surface area (Å²) in [5, 5.41) is 21.1. The molecule has 0 amide bonds. The number of ether oxygens (including phenoxy) is 4. The van der Waals surface area contributed by atoms with E-state index in [9.17, 15) is 10.5 Å². The van der Waals surface area contributed by atoms with E-state index in [1.807, 2.05) is 66.7 Å². The first-order chi connectivity index (χ1) is 36.5. The second-order valence-corrected chi connectivity index (χ2v) is 20.9. The molecule has 0 N–H and O–H groups in total. The molecule has 15 rings (SSSR count). The van der Waals surface area contributed by atoms with Crippen molar-refractivity contribution in [3.8, 4) is 58.1 Å². The van der Waals surface area contributed by atoms with Crippen LogP contribution in [-0.4, -0.2) is 20.1 Å². The number of benzene rings is 9. The first kappa shape index (κ1) is 43.1. The molecule has 9 aromatic carbocycles. The summed E-state index contributed by atoms with van der Waals surface area (Å²) in [4.78, 5) is 8.62. The molecule has 6 heterocycles. The maximum atomic E-state index is 10.9. The lowest BCUT2D eigenvalue weighted by Crippen LogP contribution is -2.64. The lowest BCUT2D eigenvalue weighted by atomic mass is 9.29. The van der Waals surface area contributed by atoms with Crippen molar-refractivity contribution < 1.29 is 18.9 Å². The largest absolute Gasteiger partial charge is 0.460 e. The highest BCUT2D eigenvalue weighted by molar-refractivity contribution is 7.03. The van der Waals surface area contributed by atoms with Crippen molar-refractivity contribution in [2.45, 2.75) is 41.5 Å². The summed E-state index contributed by atoms with van der Waals surface area (Å²) in [6, 6.07) is 50.6. The summed E-state index contributed by atoms with van der Waals surface area (Å²) in [5.74, 6) is 5.30. The van der Waals surface area contributed by atoms with Crippen LogP contribution in [0, 0.1) is 70.8 Å². The fraction of sp³-hybridized carbons (Fsp3) is 0.0952. The van der Waals surface area contributed by atoms with Crippen LogP contribution in [0.4, 0.5) is 39.8 Å². The summed E-state index contributed by atoms with van der Waals surface area (Å²) < 4.78 is 27.8. The maximum absolute atomic E-state index is 10.9. The van der Waals surface area contributed by atoms with Gasteiger partial charge >= 0.3 is 0 Å². The highest BCUT2D eigenvalue weighted by Gasteiger charge is 2.49. The molecule has 0 atom stereocenters. The first-order valence-corrected chi connectivity index (χ1v) is 25.2. The maximum Gasteiger partial charge on any atom is 0.260 e. The number of rotatable bonds is 2. The van der Waals surface area contributed by atoms with E-state index in [2.05, 4.69) is 135 Å². The van der Waals surface area contributed by atoms with Crippen molar-refractivity contribution in [3.63, 3.8) is 0 Å². The summed E-state index contributed by atoms with van der Waals surface area (Å²) >= 11 is 0. The molecule has 75 heavy (non-hydrogen) atoms. The predicted octanol–water partition coefficient (Wildman–Crippen LogP) is 9.37. The molecule has 0 saturated heterocycles. The minimum absolute atomic E-state index is 0.259. The second kappa shape index (κ2) is 15.2. The van der Waals surface area contributed by atoms with Crippen LogP contribution in [0.3, 0.4) is 0 Å². The zero-order valence-corrected chi connectivity index (χ0v) is 41.8. The van der Waals surface area contributed by atoms with Gasteiger partial charge in [-0.3, -0.25) is 0 Å². The van der Waals surface area contributed by atoms with Gasteiger partial charge in [0.15, 0.2) is 5.69 Å². The van der Waals surface area contributed by atoms with Gasteiger partial charge in [-0.15, -0.1) is 0 Å². The van der Waals surface area contributed by atoms with Crippen molar-refractivity contribution in [1.82, 2.24) is 0 Å². The zero-order valence-electron chi connectivity index (χ0n) is 41.8. The Balaban J connectivity index is 1.05. The van der Waals surface area contributed by atoms with Crippen molar-refractivity contribution in [2.75, 3.05) is 9.80 Å². The molecule has 9 nitrogen and oxygen atoms in total. The highest BCUT2D eigenvalue weighted by atomic mass is 16.5. The molecular weight excluding hydrogens is 923 g/mol. The highest BCUT2D eigenvalue weighted by Crippen LogP contribution is 2.49. The molecule has 0 radical (unpaired) electrons. The van der Waals surface area contributed by atoms with Crippen LogP contribution < -0.4 is 77.9 Å². The van der Waals surface area contributed by atoms with E-state index < -0.39 is 0 Å². The van der Waals surface area contributed by atoms with Gasteiger partial charge in [0.2, 0.25) is 0 Å². The van der Waals surface area contributed by atoms with Gasteiger partial charge in [0.05, 0.1) is 41.2 Å². The molecule has 0 saturated carbocycles. The quantitative estimate of drug-likeness (QED) is 0.125. The van der Waals surface area contributed by atoms with E-state index in [1.165, 1.54) is 0 Å². The number of aryl methyl sites for hydroxylation is 6. The average molecular weight is 963 g/mol. The molecule has 0 spiro atoms. The van der Waals surface area contributed by atoms with Gasteiger partial charge in [0.25, 0.3) is 20.1 Å². The topological polar surface area (TPSA) is 95.3 Å². The van der Waals surface area contributed by atoms with E-state index >= 15 is 0 Å². The number of para-hydroxylation sites is 2. The minimum Gasteiger partial charge on any atom is -0.460 e. The molecule has 0 bridgehead atoms. The fourth-order valence-corrected chi connectivity index (χ4v) is 13.6. The molecule has 0 aliphatic carbocycles. The number of anilines is 6. The zero-order chi connectivity index (χ0) is 50.9. The van der Waals surface area contributed by atoms with Crippen molar-refractivity contribution in [2.24, 2.45) is 0 Å². The molecule has 0 aromatic heterocycles. The Morgan fingerprint density at radius 3 is 1.28 bits per heavy atom. The Morgan fingerprint density at radius 1 is 0.400 bits per heavy atom. The van der Waals surface area contributed by atoms with E-state index in [0.29, 0.717) is 51.3 Å². The second-order valence-electron chi connectivity index (χ2n) is 20.9. The van der Waals surface area contributed by atoms with Gasteiger partial charge in [-0.1, -0.05) is 83.9 Å². The number of nitrogens with zero attached hydrogens (tertiary/aromatic N) is 5. The molecular formula is C63H40B3N5O4. The molecule has 6 aliphatic rings. The predicted molar refractivity (Wildman–Crippen MR) is 300 cm³/mol. The van der Waals surface area contributed by atoms with Gasteiger partial charge in [-0.25, -0.2) is 4.85 Å². The van der Waals surface area contributed by atoms with Gasteiger partial charge in [-0.05, 0) is 156 Å². The molecule has 350 valence electrons. The Hall–Kier alpha value is -9.56. The van der Waals surface area contributed by atoms with Crippen LogP contribution in [0.15, 0.2) is 133 Å². The summed E-state index contributed by atoms with van der Waals surface area (Å²) in [5.41, 5.74) is 22.7. The molecule has 12 heteroatoms. The minimum atomic E-state index is -0.381. The first-order valence-electron chi connectivity index (χ1n) is 25.2. The Bertz CT molecular complexity index is 4270. The summed E-state index contributed by atoms with van der Waals surface area (Å²) in [6.45, 7) is 20.2. The molecule has 9 aromatic rings. The third-order valence-electron chi connectivity index (χ3n) is 16.2. The van der Waals surface area contributed by atoms with Crippen LogP contribution in [0.25, 0.3) is 4.85 Å². The van der Waals surface area contributed by atoms with Gasteiger partial charge in [0.1, 0.15) is 46.0 Å². The molecule has 0 unspecified atom stereocenters. The Kier molecular flexibility index (Phi) is 8.75. The van der Waals surface area contributed by atoms with Gasteiger partial charge in [-0.2, -0.15) is 10.5 Å². The Morgan fingerprint density at radius 2 is 0.800 bits per heavy atom. The van der Waals surface area contributed by atoms with Crippen LogP contribution in [0.2, 0.25) is 0 Å². The normalized spacial score (nSPS) is 13.7. The summed E-state index contributed by atoms with van der Waals surface area (Å²) in [6.07, 6.45) is 0. The van der Waals surface area contributed by atoms with Crippen molar-refractivity contribution in [3.05, 3.63) is 189 Å². The van der Waals surface area contributed by atoms with Crippen LogP contribution >= 0.6 is 0 Å². The van der Waals surface area contributed by atoms with Crippen molar-refractivity contribution >= 4 is 109 Å². The smallest absolute Gasteiger partial charge is 0.260 e. The summed E-state index contributed by atoms with van der Waals surface area (Å²) in [7, 11) is 0. The third kappa shape index (κ3) is 5.90. The van der Waals surface area contributed by atoms with Gasteiger partial charge < -0.3 is 28.7 Å².